The van der Waals surface area contributed by atoms with E-state index < -0.39 is 0 Å². The number of fused-ring (bicyclic) bond motifs is 1. The quantitative estimate of drug-likeness (QED) is 0.743. The van der Waals surface area contributed by atoms with Gasteiger partial charge in [0.15, 0.2) is 0 Å². The molecular weight excluding hydrogens is 283 g/mol. The molecule has 0 spiro atoms. The first-order valence-electron chi connectivity index (χ1n) is 6.86. The Bertz CT molecular complexity index is 780. The molecule has 108 valence electrons. The normalized spacial score (nSPS) is 11.2. The number of rotatable bonds is 4. The monoisotopic (exact) mass is 300 g/mol. The molecule has 0 bridgehead atoms. The van der Waals surface area contributed by atoms with Gasteiger partial charge in [-0.05, 0) is 49.4 Å². The van der Waals surface area contributed by atoms with Crippen LogP contribution in [0, 0.1) is 12.7 Å². The predicted octanol–water partition coefficient (Wildman–Crippen LogP) is 4.49. The maximum Gasteiger partial charge on any atom is 0.123 e. The van der Waals surface area contributed by atoms with Gasteiger partial charge in [-0.2, -0.15) is 0 Å². The summed E-state index contributed by atoms with van der Waals surface area (Å²) in [4.78, 5) is 5.54. The highest BCUT2D eigenvalue weighted by molar-refractivity contribution is 7.99. The number of aromatic amines is 1. The number of benzene rings is 2. The van der Waals surface area contributed by atoms with Gasteiger partial charge in [0.05, 0.1) is 0 Å². The maximum absolute atomic E-state index is 13.4. The molecule has 4 heteroatoms. The minimum atomic E-state index is -0.195. The van der Waals surface area contributed by atoms with Crippen molar-refractivity contribution in [3.8, 4) is 0 Å². The fourth-order valence-electron chi connectivity index (χ4n) is 2.39. The minimum Gasteiger partial charge on any atom is -0.360 e. The van der Waals surface area contributed by atoms with Crippen molar-refractivity contribution in [3.05, 3.63) is 59.5 Å². The maximum atomic E-state index is 13.4. The predicted molar refractivity (Wildman–Crippen MR) is 86.3 cm³/mol. The SMILES string of the molecule is CNCc1cc(F)ccc1Sc1c[nH]c2cc(C)ccc12. The second kappa shape index (κ2) is 5.92. The molecule has 3 rings (SSSR count). The number of aryl methyl sites for hydroxylation is 1. The van der Waals surface area contributed by atoms with Crippen LogP contribution < -0.4 is 5.32 Å². The molecule has 1 aromatic heterocycles. The van der Waals surface area contributed by atoms with Crippen LogP contribution in [0.5, 0.6) is 0 Å². The lowest BCUT2D eigenvalue weighted by molar-refractivity contribution is 0.621. The number of hydrogen-bond acceptors (Lipinski definition) is 2. The zero-order valence-electron chi connectivity index (χ0n) is 12.0. The van der Waals surface area contributed by atoms with Crippen LogP contribution in [-0.4, -0.2) is 12.0 Å². The average Bonchev–Trinajstić information content (AvgIpc) is 2.84. The Labute approximate surface area is 127 Å². The summed E-state index contributed by atoms with van der Waals surface area (Å²) in [7, 11) is 1.87. The van der Waals surface area contributed by atoms with Crippen molar-refractivity contribution >= 4 is 22.7 Å². The summed E-state index contributed by atoms with van der Waals surface area (Å²) in [6.45, 7) is 2.74. The molecule has 0 amide bonds. The molecule has 3 aromatic rings. The third-order valence-corrected chi connectivity index (χ3v) is 4.58. The molecule has 0 unspecified atom stereocenters. The van der Waals surface area contributed by atoms with E-state index in [1.165, 1.54) is 17.0 Å². The number of aromatic nitrogens is 1. The highest BCUT2D eigenvalue weighted by Crippen LogP contribution is 2.35. The fraction of sp³-hybridized carbons (Fsp3) is 0.176. The molecule has 0 fully saturated rings. The van der Waals surface area contributed by atoms with Crippen LogP contribution in [0.3, 0.4) is 0 Å². The van der Waals surface area contributed by atoms with Crippen molar-refractivity contribution in [2.24, 2.45) is 0 Å². The Morgan fingerprint density at radius 3 is 2.81 bits per heavy atom. The van der Waals surface area contributed by atoms with Gasteiger partial charge >= 0.3 is 0 Å². The van der Waals surface area contributed by atoms with E-state index in [-0.39, 0.29) is 5.82 Å². The van der Waals surface area contributed by atoms with Crippen molar-refractivity contribution in [2.75, 3.05) is 7.05 Å². The highest BCUT2D eigenvalue weighted by Gasteiger charge is 2.09. The Balaban J connectivity index is 1.98. The third kappa shape index (κ3) is 2.96. The summed E-state index contributed by atoms with van der Waals surface area (Å²) in [5.41, 5.74) is 3.34. The molecule has 0 saturated carbocycles. The van der Waals surface area contributed by atoms with Crippen molar-refractivity contribution in [1.29, 1.82) is 0 Å². The third-order valence-electron chi connectivity index (χ3n) is 3.41. The summed E-state index contributed by atoms with van der Waals surface area (Å²) in [6, 6.07) is 11.3. The van der Waals surface area contributed by atoms with Crippen LogP contribution in [0.15, 0.2) is 52.4 Å². The van der Waals surface area contributed by atoms with E-state index in [1.54, 1.807) is 17.8 Å². The standard InChI is InChI=1S/C17H17FN2S/c1-11-3-5-14-15(7-11)20-10-17(14)21-16-6-4-13(18)8-12(16)9-19-2/h3-8,10,19-20H,9H2,1-2H3. The fourth-order valence-corrected chi connectivity index (χ4v) is 3.43. The van der Waals surface area contributed by atoms with E-state index in [0.717, 1.165) is 20.9 Å². The first kappa shape index (κ1) is 14.2. The summed E-state index contributed by atoms with van der Waals surface area (Å²) in [5.74, 6) is -0.195. The number of halogens is 1. The van der Waals surface area contributed by atoms with Gasteiger partial charge in [-0.25, -0.2) is 4.39 Å². The van der Waals surface area contributed by atoms with E-state index >= 15 is 0 Å². The van der Waals surface area contributed by atoms with Gasteiger partial charge in [-0.1, -0.05) is 23.9 Å². The van der Waals surface area contributed by atoms with Crippen molar-refractivity contribution in [2.45, 2.75) is 23.3 Å². The zero-order valence-corrected chi connectivity index (χ0v) is 12.9. The van der Waals surface area contributed by atoms with E-state index in [9.17, 15) is 4.39 Å². The van der Waals surface area contributed by atoms with Gasteiger partial charge in [0.25, 0.3) is 0 Å². The second-order valence-electron chi connectivity index (χ2n) is 5.09. The van der Waals surface area contributed by atoms with E-state index in [1.807, 2.05) is 19.3 Å². The number of nitrogens with one attached hydrogen (secondary N) is 2. The Hall–Kier alpha value is -1.78. The molecule has 0 saturated heterocycles. The Morgan fingerprint density at radius 1 is 1.14 bits per heavy atom. The topological polar surface area (TPSA) is 27.8 Å². The van der Waals surface area contributed by atoms with Crippen LogP contribution in [-0.2, 0) is 6.54 Å². The van der Waals surface area contributed by atoms with E-state index in [2.05, 4.69) is 35.4 Å². The number of hydrogen-bond donors (Lipinski definition) is 2. The smallest absolute Gasteiger partial charge is 0.123 e. The van der Waals surface area contributed by atoms with Crippen LogP contribution in [0.25, 0.3) is 10.9 Å². The highest BCUT2D eigenvalue weighted by atomic mass is 32.2. The Morgan fingerprint density at radius 2 is 2.00 bits per heavy atom. The molecule has 1 heterocycles. The zero-order chi connectivity index (χ0) is 14.8. The van der Waals surface area contributed by atoms with Crippen LogP contribution >= 0.6 is 11.8 Å². The largest absolute Gasteiger partial charge is 0.360 e. The van der Waals surface area contributed by atoms with Crippen molar-refractivity contribution in [1.82, 2.24) is 10.3 Å². The Kier molecular flexibility index (Phi) is 3.99. The first-order chi connectivity index (χ1) is 10.2. The van der Waals surface area contributed by atoms with Crippen LogP contribution in [0.1, 0.15) is 11.1 Å². The molecule has 21 heavy (non-hydrogen) atoms. The lowest BCUT2D eigenvalue weighted by Gasteiger charge is -2.08. The molecule has 2 N–H and O–H groups in total. The van der Waals surface area contributed by atoms with Crippen molar-refractivity contribution < 1.29 is 4.39 Å². The van der Waals surface area contributed by atoms with Gasteiger partial charge in [-0.15, -0.1) is 0 Å². The molecule has 2 nitrogen and oxygen atoms in total. The summed E-state index contributed by atoms with van der Waals surface area (Å²) in [6.07, 6.45) is 2.02. The summed E-state index contributed by atoms with van der Waals surface area (Å²) >= 11 is 1.67. The van der Waals surface area contributed by atoms with Crippen LogP contribution in [0.2, 0.25) is 0 Å². The van der Waals surface area contributed by atoms with Gasteiger partial charge in [0, 0.05) is 33.4 Å². The summed E-state index contributed by atoms with van der Waals surface area (Å²) < 4.78 is 13.4. The van der Waals surface area contributed by atoms with Crippen LogP contribution in [0.4, 0.5) is 4.39 Å². The first-order valence-corrected chi connectivity index (χ1v) is 7.67. The van der Waals surface area contributed by atoms with Gasteiger partial charge in [0.2, 0.25) is 0 Å². The molecule has 2 aromatic carbocycles. The molecule has 0 atom stereocenters. The lowest BCUT2D eigenvalue weighted by atomic mass is 10.2. The van der Waals surface area contributed by atoms with E-state index in [0.29, 0.717) is 6.54 Å². The molecule has 0 aliphatic heterocycles. The van der Waals surface area contributed by atoms with Gasteiger partial charge in [-0.3, -0.25) is 0 Å². The minimum absolute atomic E-state index is 0.195. The molecule has 0 aliphatic rings. The second-order valence-corrected chi connectivity index (χ2v) is 6.17. The average molecular weight is 300 g/mol. The molecule has 0 radical (unpaired) electrons. The molecular formula is C17H17FN2S. The van der Waals surface area contributed by atoms with Gasteiger partial charge in [0.1, 0.15) is 5.82 Å². The number of H-pyrrole nitrogens is 1. The lowest BCUT2D eigenvalue weighted by Crippen LogP contribution is -2.06. The van der Waals surface area contributed by atoms with Crippen molar-refractivity contribution in [3.63, 3.8) is 0 Å². The molecule has 0 aliphatic carbocycles. The van der Waals surface area contributed by atoms with E-state index in [4.69, 9.17) is 0 Å². The van der Waals surface area contributed by atoms with Gasteiger partial charge < -0.3 is 10.3 Å². The summed E-state index contributed by atoms with van der Waals surface area (Å²) in [5, 5.41) is 4.29.